The molecular formula is C18H16FN3O2S. The normalized spacial score (nSPS) is 11.2. The van der Waals surface area contributed by atoms with Gasteiger partial charge in [0, 0.05) is 17.1 Å². The van der Waals surface area contributed by atoms with E-state index in [2.05, 4.69) is 15.3 Å². The largest absolute Gasteiger partial charge is 0.413 e. The van der Waals surface area contributed by atoms with E-state index in [9.17, 15) is 9.18 Å². The molecule has 0 atom stereocenters. The molecule has 0 radical (unpaired) electrons. The SMILES string of the molecule is CC(C)(NC(=O)Oc1cccnc1)c1csc(-c2ccc(F)cc2)n1. The topological polar surface area (TPSA) is 64.1 Å². The molecule has 1 N–H and O–H groups in total. The lowest BCUT2D eigenvalue weighted by molar-refractivity contribution is 0.188. The summed E-state index contributed by atoms with van der Waals surface area (Å²) in [6.07, 6.45) is 2.47. The Labute approximate surface area is 148 Å². The third kappa shape index (κ3) is 4.19. The van der Waals surface area contributed by atoms with E-state index in [1.165, 1.54) is 29.7 Å². The molecule has 0 unspecified atom stereocenters. The number of ether oxygens (including phenoxy) is 1. The summed E-state index contributed by atoms with van der Waals surface area (Å²) >= 11 is 1.43. The molecule has 2 aromatic heterocycles. The maximum Gasteiger partial charge on any atom is 0.413 e. The number of hydrogen-bond acceptors (Lipinski definition) is 5. The number of nitrogens with one attached hydrogen (secondary N) is 1. The van der Waals surface area contributed by atoms with Crippen LogP contribution in [0.4, 0.5) is 9.18 Å². The molecule has 0 saturated carbocycles. The van der Waals surface area contributed by atoms with Crippen molar-refractivity contribution in [3.63, 3.8) is 0 Å². The van der Waals surface area contributed by atoms with Gasteiger partial charge < -0.3 is 10.1 Å². The van der Waals surface area contributed by atoms with Gasteiger partial charge in [-0.2, -0.15) is 0 Å². The van der Waals surface area contributed by atoms with Gasteiger partial charge in [-0.15, -0.1) is 11.3 Å². The predicted octanol–water partition coefficient (Wildman–Crippen LogP) is 4.37. The van der Waals surface area contributed by atoms with Crippen LogP contribution >= 0.6 is 11.3 Å². The standard InChI is InChI=1S/C18H16FN3O2S/c1-18(2,22-17(23)24-14-4-3-9-20-10-14)15-11-25-16(21-15)12-5-7-13(19)8-6-12/h3-11H,1-2H3,(H,22,23). The molecule has 2 heterocycles. The molecule has 0 aliphatic carbocycles. The van der Waals surface area contributed by atoms with E-state index in [-0.39, 0.29) is 5.82 Å². The molecule has 0 spiro atoms. The lowest BCUT2D eigenvalue weighted by Crippen LogP contribution is -2.42. The van der Waals surface area contributed by atoms with Crippen LogP contribution in [-0.4, -0.2) is 16.1 Å². The van der Waals surface area contributed by atoms with E-state index in [0.29, 0.717) is 11.4 Å². The highest BCUT2D eigenvalue weighted by atomic mass is 32.1. The summed E-state index contributed by atoms with van der Waals surface area (Å²) in [6, 6.07) is 9.47. The zero-order valence-electron chi connectivity index (χ0n) is 13.7. The van der Waals surface area contributed by atoms with Crippen LogP contribution in [0.5, 0.6) is 5.75 Å². The van der Waals surface area contributed by atoms with Crippen LogP contribution in [-0.2, 0) is 5.54 Å². The Balaban J connectivity index is 1.71. The van der Waals surface area contributed by atoms with Crippen molar-refractivity contribution in [2.45, 2.75) is 19.4 Å². The van der Waals surface area contributed by atoms with Crippen LogP contribution in [0, 0.1) is 5.82 Å². The minimum Gasteiger partial charge on any atom is -0.409 e. The molecule has 7 heteroatoms. The fourth-order valence-corrected chi connectivity index (χ4v) is 3.14. The highest BCUT2D eigenvalue weighted by Gasteiger charge is 2.27. The van der Waals surface area contributed by atoms with Gasteiger partial charge in [-0.1, -0.05) is 0 Å². The summed E-state index contributed by atoms with van der Waals surface area (Å²) in [5.74, 6) is 0.0711. The Kier molecular flexibility index (Phi) is 4.76. The number of hydrogen-bond donors (Lipinski definition) is 1. The molecule has 0 bridgehead atoms. The van der Waals surface area contributed by atoms with E-state index in [0.717, 1.165) is 10.6 Å². The van der Waals surface area contributed by atoms with Gasteiger partial charge in [-0.25, -0.2) is 14.2 Å². The lowest BCUT2D eigenvalue weighted by atomic mass is 10.0. The second kappa shape index (κ2) is 6.98. The molecule has 0 saturated heterocycles. The molecule has 3 aromatic rings. The average Bonchev–Trinajstić information content (AvgIpc) is 3.07. The third-order valence-corrected chi connectivity index (χ3v) is 4.39. The smallest absolute Gasteiger partial charge is 0.409 e. The van der Waals surface area contributed by atoms with Gasteiger partial charge in [0.25, 0.3) is 0 Å². The van der Waals surface area contributed by atoms with E-state index in [1.54, 1.807) is 30.5 Å². The fraction of sp³-hybridized carbons (Fsp3) is 0.167. The lowest BCUT2D eigenvalue weighted by Gasteiger charge is -2.23. The number of nitrogens with zero attached hydrogens (tertiary/aromatic N) is 2. The van der Waals surface area contributed by atoms with Crippen molar-refractivity contribution in [2.24, 2.45) is 0 Å². The number of carbonyl (C=O) groups is 1. The number of pyridine rings is 1. The van der Waals surface area contributed by atoms with Gasteiger partial charge in [0.15, 0.2) is 5.75 Å². The molecule has 1 aromatic carbocycles. The van der Waals surface area contributed by atoms with Crippen LogP contribution < -0.4 is 10.1 Å². The Morgan fingerprint density at radius 3 is 2.68 bits per heavy atom. The van der Waals surface area contributed by atoms with Crippen molar-refractivity contribution in [2.75, 3.05) is 0 Å². The minimum atomic E-state index is -0.728. The monoisotopic (exact) mass is 357 g/mol. The summed E-state index contributed by atoms with van der Waals surface area (Å²) in [4.78, 5) is 20.5. The summed E-state index contributed by atoms with van der Waals surface area (Å²) in [5, 5.41) is 5.41. The molecule has 3 rings (SSSR count). The molecule has 0 aliphatic heterocycles. The predicted molar refractivity (Wildman–Crippen MR) is 93.9 cm³/mol. The zero-order chi connectivity index (χ0) is 17.9. The first-order valence-electron chi connectivity index (χ1n) is 7.56. The van der Waals surface area contributed by atoms with Crippen molar-refractivity contribution in [3.05, 3.63) is 65.7 Å². The Hall–Kier alpha value is -2.80. The van der Waals surface area contributed by atoms with Crippen LogP contribution in [0.2, 0.25) is 0 Å². The first-order valence-corrected chi connectivity index (χ1v) is 8.44. The Bertz CT molecular complexity index is 864. The summed E-state index contributed by atoms with van der Waals surface area (Å²) in [6.45, 7) is 3.67. The van der Waals surface area contributed by atoms with Crippen LogP contribution in [0.25, 0.3) is 10.6 Å². The van der Waals surface area contributed by atoms with Crippen LogP contribution in [0.3, 0.4) is 0 Å². The van der Waals surface area contributed by atoms with Gasteiger partial charge in [-0.3, -0.25) is 4.98 Å². The quantitative estimate of drug-likeness (QED) is 0.753. The van der Waals surface area contributed by atoms with Crippen molar-refractivity contribution < 1.29 is 13.9 Å². The molecule has 0 aliphatic rings. The van der Waals surface area contributed by atoms with Crippen molar-refractivity contribution in [1.29, 1.82) is 0 Å². The highest BCUT2D eigenvalue weighted by molar-refractivity contribution is 7.13. The number of halogens is 1. The van der Waals surface area contributed by atoms with Crippen molar-refractivity contribution in [1.82, 2.24) is 15.3 Å². The Morgan fingerprint density at radius 1 is 1.24 bits per heavy atom. The molecular weight excluding hydrogens is 341 g/mol. The van der Waals surface area contributed by atoms with E-state index >= 15 is 0 Å². The molecule has 0 fully saturated rings. The summed E-state index contributed by atoms with van der Waals surface area (Å²) in [7, 11) is 0. The summed E-state index contributed by atoms with van der Waals surface area (Å²) < 4.78 is 18.2. The number of carbonyl (C=O) groups excluding carboxylic acids is 1. The number of rotatable bonds is 4. The van der Waals surface area contributed by atoms with E-state index < -0.39 is 11.6 Å². The van der Waals surface area contributed by atoms with Gasteiger partial charge in [-0.05, 0) is 50.2 Å². The van der Waals surface area contributed by atoms with Gasteiger partial charge >= 0.3 is 6.09 Å². The molecule has 5 nitrogen and oxygen atoms in total. The molecule has 25 heavy (non-hydrogen) atoms. The zero-order valence-corrected chi connectivity index (χ0v) is 14.5. The fourth-order valence-electron chi connectivity index (χ4n) is 2.15. The van der Waals surface area contributed by atoms with Gasteiger partial charge in [0.1, 0.15) is 10.8 Å². The molecule has 128 valence electrons. The van der Waals surface area contributed by atoms with Crippen molar-refractivity contribution in [3.8, 4) is 16.3 Å². The maximum atomic E-state index is 13.0. The summed E-state index contributed by atoms with van der Waals surface area (Å²) in [5.41, 5.74) is 0.792. The maximum absolute atomic E-state index is 13.0. The van der Waals surface area contributed by atoms with Gasteiger partial charge in [0.05, 0.1) is 17.4 Å². The van der Waals surface area contributed by atoms with E-state index in [4.69, 9.17) is 4.74 Å². The van der Waals surface area contributed by atoms with Crippen molar-refractivity contribution >= 4 is 17.4 Å². The van der Waals surface area contributed by atoms with Crippen LogP contribution in [0.15, 0.2) is 54.2 Å². The second-order valence-electron chi connectivity index (χ2n) is 5.87. The number of benzene rings is 1. The number of aromatic nitrogens is 2. The second-order valence-corrected chi connectivity index (χ2v) is 6.73. The Morgan fingerprint density at radius 2 is 2.00 bits per heavy atom. The molecule has 1 amide bonds. The first-order chi connectivity index (χ1) is 11.9. The minimum absolute atomic E-state index is 0.291. The number of thiazole rings is 1. The van der Waals surface area contributed by atoms with E-state index in [1.807, 2.05) is 19.2 Å². The van der Waals surface area contributed by atoms with Gasteiger partial charge in [0.2, 0.25) is 0 Å². The highest BCUT2D eigenvalue weighted by Crippen LogP contribution is 2.29. The third-order valence-electron chi connectivity index (χ3n) is 3.50. The number of amides is 1. The first kappa shape index (κ1) is 17.0. The van der Waals surface area contributed by atoms with Crippen LogP contribution in [0.1, 0.15) is 19.5 Å². The average molecular weight is 357 g/mol.